The highest BCUT2D eigenvalue weighted by atomic mass is 19.1. The second kappa shape index (κ2) is 7.94. The number of anilines is 1. The van der Waals surface area contributed by atoms with E-state index in [9.17, 15) is 9.18 Å². The highest BCUT2D eigenvalue weighted by Crippen LogP contribution is 2.25. The third kappa shape index (κ3) is 3.87. The molecule has 152 valence electrons. The average Bonchev–Trinajstić information content (AvgIpc) is 3.25. The lowest BCUT2D eigenvalue weighted by Crippen LogP contribution is -2.15. The Hall–Kier alpha value is -3.74. The van der Waals surface area contributed by atoms with Gasteiger partial charge < -0.3 is 14.4 Å². The fourth-order valence-electron chi connectivity index (χ4n) is 3.31. The molecule has 2 aromatic heterocycles. The van der Waals surface area contributed by atoms with Crippen LogP contribution >= 0.6 is 0 Å². The minimum absolute atomic E-state index is 0.224. The molecule has 0 bridgehead atoms. The molecule has 0 spiro atoms. The smallest absolute Gasteiger partial charge is 0.278 e. The van der Waals surface area contributed by atoms with Gasteiger partial charge in [-0.1, -0.05) is 34.6 Å². The molecule has 0 aliphatic heterocycles. The van der Waals surface area contributed by atoms with Gasteiger partial charge in [0.15, 0.2) is 5.69 Å². The molecule has 0 saturated carbocycles. The van der Waals surface area contributed by atoms with Gasteiger partial charge in [-0.15, -0.1) is 0 Å². The first kappa shape index (κ1) is 19.6. The second-order valence-corrected chi connectivity index (χ2v) is 7.09. The summed E-state index contributed by atoms with van der Waals surface area (Å²) in [6.07, 6.45) is 0.442. The van der Waals surface area contributed by atoms with Crippen LogP contribution in [-0.4, -0.2) is 16.2 Å². The van der Waals surface area contributed by atoms with Crippen LogP contribution in [0.15, 0.2) is 57.6 Å². The first-order chi connectivity index (χ1) is 14.4. The van der Waals surface area contributed by atoms with Crippen LogP contribution in [0.3, 0.4) is 0 Å². The van der Waals surface area contributed by atoms with E-state index in [4.69, 9.17) is 9.05 Å². The Labute approximate surface area is 172 Å². The maximum atomic E-state index is 13.4. The number of carbonyl (C=O) groups is 1. The van der Waals surface area contributed by atoms with Crippen LogP contribution in [0.4, 0.5) is 10.1 Å². The van der Waals surface area contributed by atoms with Crippen molar-refractivity contribution in [1.82, 2.24) is 10.3 Å². The van der Waals surface area contributed by atoms with Crippen molar-refractivity contribution in [2.45, 2.75) is 27.2 Å². The van der Waals surface area contributed by atoms with E-state index in [1.165, 1.54) is 12.1 Å². The summed E-state index contributed by atoms with van der Waals surface area (Å²) in [7, 11) is 0. The zero-order valence-electron chi connectivity index (χ0n) is 16.8. The minimum Gasteiger partial charge on any atom is -0.361 e. The Morgan fingerprint density at radius 3 is 2.30 bits per heavy atom. The van der Waals surface area contributed by atoms with Gasteiger partial charge in [-0.2, -0.15) is 0 Å². The van der Waals surface area contributed by atoms with Gasteiger partial charge in [-0.05, 0) is 56.2 Å². The zero-order valence-corrected chi connectivity index (χ0v) is 16.8. The normalized spacial score (nSPS) is 10.9. The Bertz CT molecular complexity index is 1190. The number of aromatic nitrogens is 2. The summed E-state index contributed by atoms with van der Waals surface area (Å²) in [6, 6.07) is 13.5. The fraction of sp³-hybridized carbons (Fsp3) is 0.174. The molecule has 0 unspecified atom stereocenters. The monoisotopic (exact) mass is 405 g/mol. The number of hydrogen-bond donors (Lipinski definition) is 1. The lowest BCUT2D eigenvalue weighted by atomic mass is 10.0. The van der Waals surface area contributed by atoms with Crippen molar-refractivity contribution in [3.8, 4) is 11.1 Å². The quantitative estimate of drug-likeness (QED) is 0.491. The first-order valence-corrected chi connectivity index (χ1v) is 9.46. The fourth-order valence-corrected chi connectivity index (χ4v) is 3.31. The number of halogens is 1. The number of nitrogens with one attached hydrogen (secondary N) is 1. The molecule has 0 radical (unpaired) electrons. The molecule has 4 rings (SSSR count). The third-order valence-corrected chi connectivity index (χ3v) is 5.04. The van der Waals surface area contributed by atoms with E-state index < -0.39 is 0 Å². The predicted octanol–water partition coefficient (Wildman–Crippen LogP) is 5.24. The van der Waals surface area contributed by atoms with Crippen molar-refractivity contribution in [2.24, 2.45) is 0 Å². The largest absolute Gasteiger partial charge is 0.361 e. The van der Waals surface area contributed by atoms with Crippen molar-refractivity contribution >= 4 is 11.6 Å². The summed E-state index contributed by atoms with van der Waals surface area (Å²) in [4.78, 5) is 12.8. The van der Waals surface area contributed by atoms with Crippen molar-refractivity contribution in [2.75, 3.05) is 5.32 Å². The van der Waals surface area contributed by atoms with Crippen molar-refractivity contribution in [3.63, 3.8) is 0 Å². The molecule has 0 aliphatic carbocycles. The Balaban J connectivity index is 1.53. The summed E-state index contributed by atoms with van der Waals surface area (Å²) < 4.78 is 23.9. The van der Waals surface area contributed by atoms with E-state index in [1.807, 2.05) is 32.0 Å². The standard InChI is InChI=1S/C23H20FN3O3/c1-13-20(14(2)29-26-13)12-21-15(3)30-27-22(21)23(28)25-19-9-7-16(8-10-19)17-5-4-6-18(24)11-17/h4-11H,12H2,1-3H3,(H,25,28). The molecule has 0 saturated heterocycles. The molecule has 0 aliphatic rings. The molecule has 2 aromatic carbocycles. The first-order valence-electron chi connectivity index (χ1n) is 9.46. The van der Waals surface area contributed by atoms with Gasteiger partial charge in [0.25, 0.3) is 5.91 Å². The number of hydrogen-bond acceptors (Lipinski definition) is 5. The number of aryl methyl sites for hydroxylation is 3. The van der Waals surface area contributed by atoms with Crippen molar-refractivity contribution in [3.05, 3.63) is 88.4 Å². The van der Waals surface area contributed by atoms with E-state index in [0.29, 0.717) is 29.2 Å². The number of amides is 1. The van der Waals surface area contributed by atoms with Crippen LogP contribution < -0.4 is 5.32 Å². The van der Waals surface area contributed by atoms with Crippen LogP contribution in [0.2, 0.25) is 0 Å². The number of benzene rings is 2. The maximum Gasteiger partial charge on any atom is 0.278 e. The van der Waals surface area contributed by atoms with Crippen LogP contribution in [0.1, 0.15) is 38.8 Å². The molecule has 1 amide bonds. The number of nitrogens with zero attached hydrogens (tertiary/aromatic N) is 2. The lowest BCUT2D eigenvalue weighted by Gasteiger charge is -2.07. The molecule has 4 aromatic rings. The van der Waals surface area contributed by atoms with Crippen LogP contribution in [-0.2, 0) is 6.42 Å². The molecule has 2 heterocycles. The van der Waals surface area contributed by atoms with E-state index in [2.05, 4.69) is 15.6 Å². The van der Waals surface area contributed by atoms with Gasteiger partial charge in [-0.25, -0.2) is 4.39 Å². The van der Waals surface area contributed by atoms with E-state index in [0.717, 1.165) is 22.4 Å². The number of rotatable bonds is 5. The van der Waals surface area contributed by atoms with Gasteiger partial charge in [0.05, 0.1) is 5.69 Å². The topological polar surface area (TPSA) is 81.2 Å². The minimum atomic E-state index is -0.368. The molecule has 0 fully saturated rings. The van der Waals surface area contributed by atoms with Gasteiger partial charge in [-0.3, -0.25) is 4.79 Å². The third-order valence-electron chi connectivity index (χ3n) is 5.04. The summed E-state index contributed by atoms with van der Waals surface area (Å²) in [5, 5.41) is 10.7. The van der Waals surface area contributed by atoms with Crippen molar-refractivity contribution in [1.29, 1.82) is 0 Å². The second-order valence-electron chi connectivity index (χ2n) is 7.09. The highest BCUT2D eigenvalue weighted by molar-refractivity contribution is 6.04. The lowest BCUT2D eigenvalue weighted by molar-refractivity contribution is 0.101. The van der Waals surface area contributed by atoms with Gasteiger partial charge >= 0.3 is 0 Å². The molecule has 1 N–H and O–H groups in total. The van der Waals surface area contributed by atoms with E-state index >= 15 is 0 Å². The predicted molar refractivity (Wildman–Crippen MR) is 110 cm³/mol. The maximum absolute atomic E-state index is 13.4. The molecule has 7 heteroatoms. The van der Waals surface area contributed by atoms with Crippen molar-refractivity contribution < 1.29 is 18.2 Å². The molecular formula is C23H20FN3O3. The Morgan fingerprint density at radius 1 is 0.933 bits per heavy atom. The van der Waals surface area contributed by atoms with Gasteiger partial charge in [0, 0.05) is 23.2 Å². The Morgan fingerprint density at radius 2 is 1.63 bits per heavy atom. The van der Waals surface area contributed by atoms with Gasteiger partial charge in [0.1, 0.15) is 17.3 Å². The SMILES string of the molecule is Cc1noc(C)c1Cc1c(C(=O)Nc2ccc(-c3cccc(F)c3)cc2)noc1C. The molecular weight excluding hydrogens is 385 g/mol. The number of carbonyl (C=O) groups excluding carboxylic acids is 1. The van der Waals surface area contributed by atoms with Crippen LogP contribution in [0.5, 0.6) is 0 Å². The summed E-state index contributed by atoms with van der Waals surface area (Å²) in [5.41, 5.74) is 4.82. The van der Waals surface area contributed by atoms with Crippen LogP contribution in [0.25, 0.3) is 11.1 Å². The molecule has 6 nitrogen and oxygen atoms in total. The summed E-state index contributed by atoms with van der Waals surface area (Å²) in [6.45, 7) is 5.46. The zero-order chi connectivity index (χ0) is 21.3. The summed E-state index contributed by atoms with van der Waals surface area (Å²) in [5.74, 6) is 0.609. The Kier molecular flexibility index (Phi) is 5.18. The molecule has 30 heavy (non-hydrogen) atoms. The van der Waals surface area contributed by atoms with E-state index in [1.54, 1.807) is 25.1 Å². The average molecular weight is 405 g/mol. The van der Waals surface area contributed by atoms with E-state index in [-0.39, 0.29) is 17.4 Å². The molecule has 0 atom stereocenters. The van der Waals surface area contributed by atoms with Gasteiger partial charge in [0.2, 0.25) is 0 Å². The summed E-state index contributed by atoms with van der Waals surface area (Å²) >= 11 is 0. The highest BCUT2D eigenvalue weighted by Gasteiger charge is 2.22. The van der Waals surface area contributed by atoms with Crippen LogP contribution in [0, 0.1) is 26.6 Å².